The topological polar surface area (TPSA) is 15.6 Å². The van der Waals surface area contributed by atoms with Gasteiger partial charge in [-0.1, -0.05) is 18.7 Å². The molecule has 0 aliphatic carbocycles. The van der Waals surface area contributed by atoms with Crippen LogP contribution in [0.2, 0.25) is 0 Å². The van der Waals surface area contributed by atoms with E-state index < -0.39 is 0 Å². The minimum atomic E-state index is 0.608. The van der Waals surface area contributed by atoms with E-state index in [0.29, 0.717) is 6.04 Å². The third-order valence-electron chi connectivity index (χ3n) is 2.71. The minimum absolute atomic E-state index is 0.608. The second kappa shape index (κ2) is 5.11. The van der Waals surface area contributed by atoms with Gasteiger partial charge in [0.15, 0.2) is 0 Å². The first-order chi connectivity index (χ1) is 6.69. The van der Waals surface area contributed by atoms with Crippen LogP contribution < -0.4 is 0 Å². The van der Waals surface area contributed by atoms with Crippen LogP contribution in [-0.2, 0) is 0 Å². The maximum absolute atomic E-state index is 4.34. The van der Waals surface area contributed by atoms with E-state index in [1.165, 1.54) is 11.3 Å². The number of likely N-dealkylation sites (tertiary alicyclic amines) is 1. The van der Waals surface area contributed by atoms with Crippen molar-refractivity contribution in [1.82, 2.24) is 4.90 Å². The van der Waals surface area contributed by atoms with E-state index in [9.17, 15) is 0 Å². The molecule has 78 valence electrons. The third-order valence-corrected chi connectivity index (χ3v) is 2.71. The molecule has 0 aromatic rings. The summed E-state index contributed by atoms with van der Waals surface area (Å²) >= 11 is 0. The standard InChI is InChI=1S/C12H20N2/c1-5-6-11-7-8-14(10(2)3)9-12(11)13-4/h5-6,10H,1,7-9H2,2-4H3/b11-6-,13-12?. The van der Waals surface area contributed by atoms with Crippen LogP contribution in [0.3, 0.4) is 0 Å². The summed E-state index contributed by atoms with van der Waals surface area (Å²) in [6.07, 6.45) is 5.03. The zero-order chi connectivity index (χ0) is 10.6. The van der Waals surface area contributed by atoms with Gasteiger partial charge in [-0.05, 0) is 25.8 Å². The van der Waals surface area contributed by atoms with Crippen molar-refractivity contribution in [2.45, 2.75) is 26.3 Å². The van der Waals surface area contributed by atoms with Crippen LogP contribution in [0.1, 0.15) is 20.3 Å². The zero-order valence-electron chi connectivity index (χ0n) is 9.45. The van der Waals surface area contributed by atoms with E-state index in [1.54, 1.807) is 0 Å². The highest BCUT2D eigenvalue weighted by molar-refractivity contribution is 6.02. The van der Waals surface area contributed by atoms with Crippen LogP contribution in [0.15, 0.2) is 29.3 Å². The van der Waals surface area contributed by atoms with Gasteiger partial charge in [0.05, 0.1) is 5.71 Å². The molecule has 2 nitrogen and oxygen atoms in total. The van der Waals surface area contributed by atoms with Gasteiger partial charge in [-0.15, -0.1) is 0 Å². The van der Waals surface area contributed by atoms with Gasteiger partial charge in [-0.3, -0.25) is 9.89 Å². The van der Waals surface area contributed by atoms with Crippen molar-refractivity contribution >= 4 is 5.71 Å². The molecule has 0 bridgehead atoms. The number of nitrogens with zero attached hydrogens (tertiary/aromatic N) is 2. The average molecular weight is 192 g/mol. The largest absolute Gasteiger partial charge is 0.295 e. The highest BCUT2D eigenvalue weighted by Crippen LogP contribution is 2.16. The SMILES string of the molecule is C=C/C=C1/CCN(C(C)C)CC1=NC. The molecule has 1 rings (SSSR count). The van der Waals surface area contributed by atoms with Crippen molar-refractivity contribution in [3.8, 4) is 0 Å². The number of hydrogen-bond acceptors (Lipinski definition) is 2. The Bertz CT molecular complexity index is 261. The van der Waals surface area contributed by atoms with E-state index in [0.717, 1.165) is 19.5 Å². The average Bonchev–Trinajstić information content (AvgIpc) is 2.18. The molecule has 0 aromatic carbocycles. The normalized spacial score (nSPS) is 24.9. The van der Waals surface area contributed by atoms with E-state index in [-0.39, 0.29) is 0 Å². The Morgan fingerprint density at radius 1 is 1.50 bits per heavy atom. The van der Waals surface area contributed by atoms with Crippen LogP contribution in [0.5, 0.6) is 0 Å². The predicted octanol–water partition coefficient (Wildman–Crippen LogP) is 2.28. The lowest BCUT2D eigenvalue weighted by atomic mass is 10.00. The fraction of sp³-hybridized carbons (Fsp3) is 0.583. The van der Waals surface area contributed by atoms with Crippen molar-refractivity contribution < 1.29 is 0 Å². The predicted molar refractivity (Wildman–Crippen MR) is 63.0 cm³/mol. The molecule has 0 amide bonds. The maximum atomic E-state index is 4.34. The van der Waals surface area contributed by atoms with Crippen LogP contribution in [-0.4, -0.2) is 36.8 Å². The summed E-state index contributed by atoms with van der Waals surface area (Å²) < 4.78 is 0. The maximum Gasteiger partial charge on any atom is 0.0517 e. The van der Waals surface area contributed by atoms with Gasteiger partial charge in [0.1, 0.15) is 0 Å². The summed E-state index contributed by atoms with van der Waals surface area (Å²) in [6, 6.07) is 0.608. The van der Waals surface area contributed by atoms with Gasteiger partial charge in [-0.2, -0.15) is 0 Å². The van der Waals surface area contributed by atoms with Gasteiger partial charge in [0.25, 0.3) is 0 Å². The smallest absolute Gasteiger partial charge is 0.0517 e. The third kappa shape index (κ3) is 2.55. The number of allylic oxidation sites excluding steroid dienone is 2. The Morgan fingerprint density at radius 2 is 2.21 bits per heavy atom. The van der Waals surface area contributed by atoms with Gasteiger partial charge >= 0.3 is 0 Å². The highest BCUT2D eigenvalue weighted by Gasteiger charge is 2.20. The Kier molecular flexibility index (Phi) is 4.08. The summed E-state index contributed by atoms with van der Waals surface area (Å²) in [5.74, 6) is 0. The molecule has 0 aromatic heterocycles. The second-order valence-electron chi connectivity index (χ2n) is 3.91. The molecule has 0 radical (unpaired) electrons. The fourth-order valence-corrected chi connectivity index (χ4v) is 1.76. The lowest BCUT2D eigenvalue weighted by Gasteiger charge is -2.32. The summed E-state index contributed by atoms with van der Waals surface area (Å²) in [6.45, 7) is 10.3. The van der Waals surface area contributed by atoms with Crippen LogP contribution in [0.25, 0.3) is 0 Å². The van der Waals surface area contributed by atoms with Crippen LogP contribution in [0.4, 0.5) is 0 Å². The molecule has 0 saturated carbocycles. The molecule has 14 heavy (non-hydrogen) atoms. The molecular weight excluding hydrogens is 172 g/mol. The highest BCUT2D eigenvalue weighted by atomic mass is 15.2. The van der Waals surface area contributed by atoms with E-state index in [1.807, 2.05) is 13.1 Å². The Hall–Kier alpha value is -0.890. The quantitative estimate of drug-likeness (QED) is 0.655. The number of aliphatic imine (C=N–C) groups is 1. The summed E-state index contributed by atoms with van der Waals surface area (Å²) in [5, 5.41) is 0. The number of hydrogen-bond donors (Lipinski definition) is 0. The fourth-order valence-electron chi connectivity index (χ4n) is 1.76. The van der Waals surface area contributed by atoms with Crippen molar-refractivity contribution in [2.75, 3.05) is 20.1 Å². The summed E-state index contributed by atoms with van der Waals surface area (Å²) in [5.41, 5.74) is 2.56. The Labute approximate surface area is 87.0 Å². The van der Waals surface area contributed by atoms with Crippen LogP contribution in [0, 0.1) is 0 Å². The van der Waals surface area contributed by atoms with Gasteiger partial charge in [-0.25, -0.2) is 0 Å². The molecule has 1 aliphatic heterocycles. The lowest BCUT2D eigenvalue weighted by Crippen LogP contribution is -2.41. The molecule has 2 heteroatoms. The monoisotopic (exact) mass is 192 g/mol. The van der Waals surface area contributed by atoms with Crippen molar-refractivity contribution in [1.29, 1.82) is 0 Å². The molecule has 0 spiro atoms. The molecule has 1 fully saturated rings. The molecule has 0 atom stereocenters. The van der Waals surface area contributed by atoms with Crippen LogP contribution >= 0.6 is 0 Å². The summed E-state index contributed by atoms with van der Waals surface area (Å²) in [7, 11) is 1.87. The lowest BCUT2D eigenvalue weighted by molar-refractivity contribution is 0.249. The zero-order valence-corrected chi connectivity index (χ0v) is 9.45. The van der Waals surface area contributed by atoms with Crippen molar-refractivity contribution in [3.05, 3.63) is 24.3 Å². The molecule has 0 N–H and O–H groups in total. The molecule has 1 saturated heterocycles. The van der Waals surface area contributed by atoms with E-state index in [4.69, 9.17) is 0 Å². The van der Waals surface area contributed by atoms with E-state index >= 15 is 0 Å². The van der Waals surface area contributed by atoms with Crippen molar-refractivity contribution in [2.24, 2.45) is 4.99 Å². The first-order valence-corrected chi connectivity index (χ1v) is 5.20. The van der Waals surface area contributed by atoms with Gasteiger partial charge in [0.2, 0.25) is 0 Å². The molecule has 0 unspecified atom stereocenters. The van der Waals surface area contributed by atoms with Crippen molar-refractivity contribution in [3.63, 3.8) is 0 Å². The first-order valence-electron chi connectivity index (χ1n) is 5.20. The first kappa shape index (κ1) is 11.2. The Morgan fingerprint density at radius 3 is 2.71 bits per heavy atom. The number of rotatable bonds is 2. The second-order valence-corrected chi connectivity index (χ2v) is 3.91. The number of piperidine rings is 1. The summed E-state index contributed by atoms with van der Waals surface area (Å²) in [4.78, 5) is 6.79. The van der Waals surface area contributed by atoms with Gasteiger partial charge < -0.3 is 0 Å². The Balaban J connectivity index is 2.74. The minimum Gasteiger partial charge on any atom is -0.295 e. The molecular formula is C12H20N2. The van der Waals surface area contributed by atoms with E-state index in [2.05, 4.69) is 36.4 Å². The molecule has 1 aliphatic rings. The van der Waals surface area contributed by atoms with Gasteiger partial charge in [0, 0.05) is 26.2 Å². The molecule has 1 heterocycles.